The van der Waals surface area contributed by atoms with Crippen LogP contribution in [0.3, 0.4) is 0 Å². The van der Waals surface area contributed by atoms with Crippen LogP contribution < -0.4 is 20.9 Å². The van der Waals surface area contributed by atoms with Gasteiger partial charge in [-0.05, 0) is 85.3 Å². The van der Waals surface area contributed by atoms with Crippen molar-refractivity contribution in [3.8, 4) is 11.5 Å². The Morgan fingerprint density at radius 2 is 0.818 bits per heavy atom. The minimum atomic E-state index is 0. The predicted octanol–water partition coefficient (Wildman–Crippen LogP) is 9.80. The highest BCUT2D eigenvalue weighted by Crippen LogP contribution is 2.26. The Balaban J connectivity index is 0.00000484. The van der Waals surface area contributed by atoms with Crippen LogP contribution in [0.4, 0.5) is 0 Å². The molecule has 0 aromatic heterocycles. The Hall–Kier alpha value is -2.24. The second-order valence-corrected chi connectivity index (χ2v) is 11.8. The predicted molar refractivity (Wildman–Crippen MR) is 193 cm³/mol. The molecule has 3 aromatic carbocycles. The summed E-state index contributed by atoms with van der Waals surface area (Å²) in [5.41, 5.74) is 17.6. The van der Waals surface area contributed by atoms with Crippen molar-refractivity contribution in [1.82, 2.24) is 0 Å². The molecule has 0 aliphatic heterocycles. The van der Waals surface area contributed by atoms with Crippen molar-refractivity contribution in [2.75, 3.05) is 26.3 Å². The molecule has 0 amide bonds. The van der Waals surface area contributed by atoms with Crippen molar-refractivity contribution >= 4 is 24.8 Å². The molecule has 0 aliphatic rings. The van der Waals surface area contributed by atoms with Crippen LogP contribution in [-0.2, 0) is 12.8 Å². The summed E-state index contributed by atoms with van der Waals surface area (Å²) >= 11 is 0. The van der Waals surface area contributed by atoms with Crippen LogP contribution >= 0.6 is 24.8 Å². The van der Waals surface area contributed by atoms with Gasteiger partial charge in [0.25, 0.3) is 0 Å². The quantitative estimate of drug-likeness (QED) is 0.107. The van der Waals surface area contributed by atoms with Gasteiger partial charge in [-0.3, -0.25) is 0 Å². The molecule has 0 saturated carbocycles. The maximum atomic E-state index is 6.24. The summed E-state index contributed by atoms with van der Waals surface area (Å²) in [6.07, 6.45) is 14.4. The third-order valence-corrected chi connectivity index (χ3v) is 8.29. The summed E-state index contributed by atoms with van der Waals surface area (Å²) in [6.45, 7) is 7.31. The van der Waals surface area contributed by atoms with E-state index >= 15 is 0 Å². The fourth-order valence-electron chi connectivity index (χ4n) is 5.52. The van der Waals surface area contributed by atoms with Gasteiger partial charge in [0.1, 0.15) is 11.5 Å². The normalized spacial score (nSPS) is 12.1. The highest BCUT2D eigenvalue weighted by molar-refractivity contribution is 5.85. The van der Waals surface area contributed by atoms with E-state index in [-0.39, 0.29) is 36.6 Å². The van der Waals surface area contributed by atoms with Crippen molar-refractivity contribution in [3.63, 3.8) is 0 Å². The van der Waals surface area contributed by atoms with Gasteiger partial charge >= 0.3 is 0 Å². The summed E-state index contributed by atoms with van der Waals surface area (Å²) < 4.78 is 11.9. The maximum absolute atomic E-state index is 6.24. The third-order valence-electron chi connectivity index (χ3n) is 8.29. The molecule has 0 spiro atoms. The SMILES string of the molecule is CCCCCCCOc1ccc(CC(CN)c2ccc(C(CN)Cc3ccc(OCCCCCCC)cc3)cc2)cc1.Cl.Cl. The van der Waals surface area contributed by atoms with Crippen LogP contribution in [0.1, 0.15) is 112 Å². The lowest BCUT2D eigenvalue weighted by Gasteiger charge is -2.19. The van der Waals surface area contributed by atoms with E-state index < -0.39 is 0 Å². The number of ether oxygens (including phenoxy) is 2. The Bertz CT molecular complexity index is 1000. The highest BCUT2D eigenvalue weighted by Gasteiger charge is 2.15. The van der Waals surface area contributed by atoms with Gasteiger partial charge in [-0.1, -0.05) is 114 Å². The molecule has 4 N–H and O–H groups in total. The van der Waals surface area contributed by atoms with E-state index in [1.165, 1.54) is 73.6 Å². The number of hydrogen-bond donors (Lipinski definition) is 2. The number of rotatable bonds is 22. The lowest BCUT2D eigenvalue weighted by Crippen LogP contribution is -2.17. The molecule has 6 heteroatoms. The standard InChI is InChI=1S/C38H56N2O2.2ClH/c1-3-5-7-9-11-25-41-37-21-13-31(14-22-37)27-35(29-39)33-17-19-34(20-18-33)36(30-40)28-32-15-23-38(24-16-32)42-26-12-10-8-6-4-2;;/h13-24,35-36H,3-12,25-30,39-40H2,1-2H3;2*1H. The third kappa shape index (κ3) is 14.7. The van der Waals surface area contributed by atoms with Gasteiger partial charge in [0.05, 0.1) is 13.2 Å². The van der Waals surface area contributed by atoms with Gasteiger partial charge in [0.2, 0.25) is 0 Å². The van der Waals surface area contributed by atoms with Crippen molar-refractivity contribution < 1.29 is 9.47 Å². The van der Waals surface area contributed by atoms with E-state index in [4.69, 9.17) is 20.9 Å². The molecule has 3 aromatic rings. The van der Waals surface area contributed by atoms with E-state index in [1.54, 1.807) is 0 Å². The zero-order valence-electron chi connectivity index (χ0n) is 27.2. The van der Waals surface area contributed by atoms with E-state index in [1.807, 2.05) is 0 Å². The molecule has 0 bridgehead atoms. The van der Waals surface area contributed by atoms with Crippen LogP contribution in [0.2, 0.25) is 0 Å². The Kier molecular flexibility index (Phi) is 21.7. The summed E-state index contributed by atoms with van der Waals surface area (Å²) in [5, 5.41) is 0. The monoisotopic (exact) mass is 644 g/mol. The lowest BCUT2D eigenvalue weighted by atomic mass is 9.88. The molecule has 0 aliphatic carbocycles. The number of unbranched alkanes of at least 4 members (excludes halogenated alkanes) is 8. The van der Waals surface area contributed by atoms with E-state index in [0.717, 1.165) is 50.4 Å². The first-order chi connectivity index (χ1) is 20.7. The van der Waals surface area contributed by atoms with Crippen LogP contribution in [0.5, 0.6) is 11.5 Å². The van der Waals surface area contributed by atoms with Crippen LogP contribution in [0.15, 0.2) is 72.8 Å². The number of halogens is 2. The van der Waals surface area contributed by atoms with Crippen LogP contribution in [-0.4, -0.2) is 26.3 Å². The fourth-order valence-corrected chi connectivity index (χ4v) is 5.52. The van der Waals surface area contributed by atoms with Crippen molar-refractivity contribution in [1.29, 1.82) is 0 Å². The fraction of sp³-hybridized carbons (Fsp3) is 0.526. The molecule has 0 radical (unpaired) electrons. The summed E-state index contributed by atoms with van der Waals surface area (Å²) in [7, 11) is 0. The van der Waals surface area contributed by atoms with Crippen molar-refractivity contribution in [2.24, 2.45) is 11.5 Å². The van der Waals surface area contributed by atoms with Gasteiger partial charge in [-0.15, -0.1) is 24.8 Å². The molecule has 3 rings (SSSR count). The first-order valence-electron chi connectivity index (χ1n) is 16.6. The Labute approximate surface area is 280 Å². The van der Waals surface area contributed by atoms with E-state index in [9.17, 15) is 0 Å². The van der Waals surface area contributed by atoms with Crippen molar-refractivity contribution in [2.45, 2.75) is 103 Å². The maximum Gasteiger partial charge on any atom is 0.119 e. The number of hydrogen-bond acceptors (Lipinski definition) is 4. The summed E-state index contributed by atoms with van der Waals surface area (Å²) in [6, 6.07) is 26.0. The zero-order chi connectivity index (χ0) is 29.8. The van der Waals surface area contributed by atoms with E-state index in [0.29, 0.717) is 13.1 Å². The Morgan fingerprint density at radius 1 is 0.477 bits per heavy atom. The molecule has 246 valence electrons. The van der Waals surface area contributed by atoms with Gasteiger partial charge in [0, 0.05) is 11.8 Å². The smallest absolute Gasteiger partial charge is 0.119 e. The number of benzene rings is 3. The molecule has 0 fully saturated rings. The summed E-state index contributed by atoms with van der Waals surface area (Å²) in [4.78, 5) is 0. The zero-order valence-corrected chi connectivity index (χ0v) is 28.8. The van der Waals surface area contributed by atoms with Gasteiger partial charge in [-0.2, -0.15) is 0 Å². The summed E-state index contributed by atoms with van der Waals surface area (Å²) in [5.74, 6) is 2.46. The van der Waals surface area contributed by atoms with Crippen molar-refractivity contribution in [3.05, 3.63) is 95.1 Å². The molecule has 2 atom stereocenters. The van der Waals surface area contributed by atoms with Gasteiger partial charge < -0.3 is 20.9 Å². The molecule has 0 heterocycles. The molecule has 4 nitrogen and oxygen atoms in total. The molecule has 2 unspecified atom stereocenters. The average Bonchev–Trinajstić information content (AvgIpc) is 3.03. The number of nitrogens with two attached hydrogens (primary N) is 2. The largest absolute Gasteiger partial charge is 0.494 e. The second-order valence-electron chi connectivity index (χ2n) is 11.8. The first-order valence-corrected chi connectivity index (χ1v) is 16.6. The average molecular weight is 646 g/mol. The van der Waals surface area contributed by atoms with Gasteiger partial charge in [0.15, 0.2) is 0 Å². The van der Waals surface area contributed by atoms with E-state index in [2.05, 4.69) is 86.6 Å². The van der Waals surface area contributed by atoms with Crippen LogP contribution in [0.25, 0.3) is 0 Å². The topological polar surface area (TPSA) is 70.5 Å². The molecular weight excluding hydrogens is 587 g/mol. The lowest BCUT2D eigenvalue weighted by molar-refractivity contribution is 0.304. The second kappa shape index (κ2) is 24.1. The molecule has 0 saturated heterocycles. The molecular formula is C38H58Cl2N2O2. The molecule has 44 heavy (non-hydrogen) atoms. The first kappa shape index (κ1) is 39.8. The highest BCUT2D eigenvalue weighted by atomic mass is 35.5. The van der Waals surface area contributed by atoms with Gasteiger partial charge in [-0.25, -0.2) is 0 Å². The minimum Gasteiger partial charge on any atom is -0.494 e. The van der Waals surface area contributed by atoms with Crippen LogP contribution in [0, 0.1) is 0 Å². The Morgan fingerprint density at radius 3 is 1.14 bits per heavy atom. The minimum absolute atomic E-state index is 0.